The van der Waals surface area contributed by atoms with Crippen LogP contribution in [0.1, 0.15) is 5.56 Å². The van der Waals surface area contributed by atoms with Crippen molar-refractivity contribution in [1.82, 2.24) is 4.72 Å². The Kier molecular flexibility index (Phi) is 2.97. The number of hydrogen-bond donors (Lipinski definition) is 1. The molecule has 76 valence electrons. The topological polar surface area (TPSA) is 75.6 Å². The fourth-order valence-electron chi connectivity index (χ4n) is 1.08. The Balaban J connectivity index is 3.50. The molecule has 1 aromatic carbocycles. The lowest BCUT2D eigenvalue weighted by Gasteiger charge is -2.05. The molecule has 0 atom stereocenters. The van der Waals surface area contributed by atoms with Crippen LogP contribution in [0.25, 0.3) is 0 Å². The Morgan fingerprint density at radius 3 is 2.50 bits per heavy atom. The SMILES string of the molecule is CNS(=O)(=O)c1cccc(C)c1N=O. The predicted molar refractivity (Wildman–Crippen MR) is 52.9 cm³/mol. The molecule has 0 heterocycles. The maximum atomic E-state index is 11.4. The minimum absolute atomic E-state index is 0.0400. The lowest BCUT2D eigenvalue weighted by Crippen LogP contribution is -2.18. The molecule has 0 aliphatic carbocycles. The van der Waals surface area contributed by atoms with Gasteiger partial charge in [0, 0.05) is 0 Å². The van der Waals surface area contributed by atoms with E-state index in [4.69, 9.17) is 0 Å². The highest BCUT2D eigenvalue weighted by molar-refractivity contribution is 7.89. The Morgan fingerprint density at radius 1 is 1.36 bits per heavy atom. The van der Waals surface area contributed by atoms with Crippen molar-refractivity contribution < 1.29 is 8.42 Å². The van der Waals surface area contributed by atoms with Crippen LogP contribution in [0.3, 0.4) is 0 Å². The first kappa shape index (κ1) is 10.8. The van der Waals surface area contributed by atoms with Crippen LogP contribution in [0.15, 0.2) is 28.3 Å². The predicted octanol–water partition coefficient (Wildman–Crippen LogP) is 1.30. The van der Waals surface area contributed by atoms with Crippen molar-refractivity contribution in [2.75, 3.05) is 7.05 Å². The van der Waals surface area contributed by atoms with Crippen LogP contribution in [0, 0.1) is 11.8 Å². The van der Waals surface area contributed by atoms with E-state index in [-0.39, 0.29) is 10.6 Å². The van der Waals surface area contributed by atoms with Crippen LogP contribution < -0.4 is 4.72 Å². The molecule has 0 fully saturated rings. The normalized spacial score (nSPS) is 11.3. The highest BCUT2D eigenvalue weighted by Gasteiger charge is 2.18. The Labute approximate surface area is 82.2 Å². The number of sulfonamides is 1. The smallest absolute Gasteiger partial charge is 0.214 e. The molecule has 0 amide bonds. The average Bonchev–Trinajstić information content (AvgIpc) is 2.17. The van der Waals surface area contributed by atoms with Gasteiger partial charge < -0.3 is 0 Å². The van der Waals surface area contributed by atoms with Gasteiger partial charge in [0.05, 0.1) is 0 Å². The van der Waals surface area contributed by atoms with Crippen molar-refractivity contribution in [3.05, 3.63) is 28.7 Å². The number of nitrogens with one attached hydrogen (secondary N) is 1. The van der Waals surface area contributed by atoms with E-state index in [2.05, 4.69) is 9.90 Å². The van der Waals surface area contributed by atoms with Gasteiger partial charge in [-0.15, -0.1) is 4.91 Å². The zero-order valence-corrected chi connectivity index (χ0v) is 8.63. The average molecular weight is 214 g/mol. The van der Waals surface area contributed by atoms with E-state index in [1.165, 1.54) is 13.1 Å². The molecule has 0 saturated heterocycles. The van der Waals surface area contributed by atoms with Gasteiger partial charge in [-0.2, -0.15) is 0 Å². The lowest BCUT2D eigenvalue weighted by molar-refractivity contribution is 0.588. The Bertz CT molecular complexity index is 454. The zero-order valence-electron chi connectivity index (χ0n) is 7.81. The van der Waals surface area contributed by atoms with Crippen molar-refractivity contribution in [2.45, 2.75) is 11.8 Å². The van der Waals surface area contributed by atoms with Crippen molar-refractivity contribution in [1.29, 1.82) is 0 Å². The van der Waals surface area contributed by atoms with Gasteiger partial charge in [-0.05, 0) is 30.8 Å². The molecule has 0 bridgehead atoms. The molecule has 14 heavy (non-hydrogen) atoms. The maximum absolute atomic E-state index is 11.4. The number of hydrogen-bond acceptors (Lipinski definition) is 4. The summed E-state index contributed by atoms with van der Waals surface area (Å²) in [7, 11) is -2.32. The standard InChI is InChI=1S/C8H10N2O3S/c1-6-4-3-5-7(8(6)10-11)14(12,13)9-2/h3-5,9H,1-2H3. The van der Waals surface area contributed by atoms with Crippen molar-refractivity contribution in [3.63, 3.8) is 0 Å². The van der Waals surface area contributed by atoms with E-state index < -0.39 is 10.0 Å². The molecule has 0 saturated carbocycles. The Hall–Kier alpha value is -1.27. The van der Waals surface area contributed by atoms with E-state index in [0.717, 1.165) is 0 Å². The fraction of sp³-hybridized carbons (Fsp3) is 0.250. The first-order chi connectivity index (χ1) is 6.53. The second-order valence-corrected chi connectivity index (χ2v) is 4.58. The van der Waals surface area contributed by atoms with Crippen LogP contribution in [0.4, 0.5) is 5.69 Å². The van der Waals surface area contributed by atoms with Gasteiger partial charge in [0.15, 0.2) is 0 Å². The number of rotatable bonds is 3. The summed E-state index contributed by atoms with van der Waals surface area (Å²) in [5.41, 5.74) is 0.498. The van der Waals surface area contributed by atoms with Crippen LogP contribution in [0.2, 0.25) is 0 Å². The van der Waals surface area contributed by atoms with Gasteiger partial charge >= 0.3 is 0 Å². The lowest BCUT2D eigenvalue weighted by atomic mass is 10.2. The summed E-state index contributed by atoms with van der Waals surface area (Å²) in [5, 5.41) is 2.72. The third kappa shape index (κ3) is 1.80. The van der Waals surface area contributed by atoms with Crippen molar-refractivity contribution >= 4 is 15.7 Å². The van der Waals surface area contributed by atoms with Crippen LogP contribution in [0.5, 0.6) is 0 Å². The largest absolute Gasteiger partial charge is 0.242 e. The molecule has 0 aromatic heterocycles. The third-order valence-corrected chi connectivity index (χ3v) is 3.30. The van der Waals surface area contributed by atoms with E-state index in [9.17, 15) is 13.3 Å². The monoisotopic (exact) mass is 214 g/mol. The van der Waals surface area contributed by atoms with Gasteiger partial charge in [0.2, 0.25) is 10.0 Å². The van der Waals surface area contributed by atoms with Crippen LogP contribution >= 0.6 is 0 Å². The molecule has 0 aliphatic heterocycles. The van der Waals surface area contributed by atoms with Crippen LogP contribution in [-0.4, -0.2) is 15.5 Å². The molecule has 1 rings (SSSR count). The molecular formula is C8H10N2O3S. The molecule has 1 aromatic rings. The van der Waals surface area contributed by atoms with Gasteiger partial charge in [-0.25, -0.2) is 13.1 Å². The third-order valence-electron chi connectivity index (χ3n) is 1.85. The molecule has 0 aliphatic rings. The summed E-state index contributed by atoms with van der Waals surface area (Å²) < 4.78 is 25.0. The first-order valence-electron chi connectivity index (χ1n) is 3.89. The second kappa shape index (κ2) is 3.85. The summed E-state index contributed by atoms with van der Waals surface area (Å²) in [5.74, 6) is 0. The summed E-state index contributed by atoms with van der Waals surface area (Å²) in [4.78, 5) is 10.4. The second-order valence-electron chi connectivity index (χ2n) is 2.72. The number of nitrogens with zero attached hydrogens (tertiary/aromatic N) is 1. The number of aryl methyl sites for hydroxylation is 1. The molecule has 6 heteroatoms. The van der Waals surface area contributed by atoms with Crippen molar-refractivity contribution in [2.24, 2.45) is 5.18 Å². The molecule has 1 N–H and O–H groups in total. The van der Waals surface area contributed by atoms with Crippen molar-refractivity contribution in [3.8, 4) is 0 Å². The molecule has 0 radical (unpaired) electrons. The minimum atomic E-state index is -3.61. The van der Waals surface area contributed by atoms with E-state index >= 15 is 0 Å². The fourth-order valence-corrected chi connectivity index (χ4v) is 2.01. The molecule has 0 unspecified atom stereocenters. The highest BCUT2D eigenvalue weighted by Crippen LogP contribution is 2.27. The van der Waals surface area contributed by atoms with Gasteiger partial charge in [-0.1, -0.05) is 12.1 Å². The minimum Gasteiger partial charge on any atom is -0.214 e. The Morgan fingerprint density at radius 2 is 2.00 bits per heavy atom. The van der Waals surface area contributed by atoms with E-state index in [1.807, 2.05) is 0 Å². The maximum Gasteiger partial charge on any atom is 0.242 e. The molecule has 0 spiro atoms. The quantitative estimate of drug-likeness (QED) is 0.770. The summed E-state index contributed by atoms with van der Waals surface area (Å²) in [6.07, 6.45) is 0. The number of benzene rings is 1. The summed E-state index contributed by atoms with van der Waals surface area (Å²) >= 11 is 0. The van der Waals surface area contributed by atoms with Gasteiger partial charge in [0.1, 0.15) is 10.6 Å². The highest BCUT2D eigenvalue weighted by atomic mass is 32.2. The van der Waals surface area contributed by atoms with Gasteiger partial charge in [0.25, 0.3) is 0 Å². The van der Waals surface area contributed by atoms with E-state index in [1.54, 1.807) is 19.1 Å². The summed E-state index contributed by atoms with van der Waals surface area (Å²) in [6.45, 7) is 1.63. The first-order valence-corrected chi connectivity index (χ1v) is 5.37. The molecular weight excluding hydrogens is 204 g/mol. The number of nitroso groups, excluding NO2 is 1. The van der Waals surface area contributed by atoms with Gasteiger partial charge in [-0.3, -0.25) is 0 Å². The van der Waals surface area contributed by atoms with E-state index in [0.29, 0.717) is 5.56 Å². The molecule has 5 nitrogen and oxygen atoms in total. The van der Waals surface area contributed by atoms with Crippen LogP contribution in [-0.2, 0) is 10.0 Å². The zero-order chi connectivity index (χ0) is 10.8. The summed E-state index contributed by atoms with van der Waals surface area (Å²) in [6, 6.07) is 4.54.